The number of oxime groups is 1. The van der Waals surface area contributed by atoms with E-state index in [9.17, 15) is 9.59 Å². The summed E-state index contributed by atoms with van der Waals surface area (Å²) in [6.45, 7) is 6.72. The third-order valence-corrected chi connectivity index (χ3v) is 2.62. The highest BCUT2D eigenvalue weighted by atomic mass is 32.1. The normalized spacial score (nSPS) is 13.7. The van der Waals surface area contributed by atoms with Crippen LogP contribution in [0.5, 0.6) is 0 Å². The maximum absolute atomic E-state index is 11.7. The summed E-state index contributed by atoms with van der Waals surface area (Å²) in [5.74, 6) is -0.565. The molecule has 0 aliphatic heterocycles. The Kier molecular flexibility index (Phi) is 5.20. The lowest BCUT2D eigenvalue weighted by Crippen LogP contribution is -2.31. The summed E-state index contributed by atoms with van der Waals surface area (Å²) in [4.78, 5) is 31.5. The fourth-order valence-corrected chi connectivity index (χ4v) is 1.65. The third-order valence-electron chi connectivity index (χ3n) is 1.94. The Morgan fingerprint density at radius 2 is 2.20 bits per heavy atom. The van der Waals surface area contributed by atoms with E-state index in [1.54, 1.807) is 26.2 Å². The Morgan fingerprint density at radius 3 is 2.65 bits per heavy atom. The SMILES string of the molecule is CC(ON=C(C=O)c1csc(N)n1)C(=O)OC(C)(C)C. The molecule has 0 radical (unpaired) electrons. The maximum atomic E-state index is 11.7. The van der Waals surface area contributed by atoms with Gasteiger partial charge in [0.25, 0.3) is 0 Å². The average Bonchev–Trinajstić information content (AvgIpc) is 2.74. The number of hydrogen-bond acceptors (Lipinski definition) is 8. The van der Waals surface area contributed by atoms with Gasteiger partial charge in [-0.05, 0) is 27.7 Å². The molecule has 2 N–H and O–H groups in total. The summed E-state index contributed by atoms with van der Waals surface area (Å²) in [5, 5.41) is 5.50. The van der Waals surface area contributed by atoms with Crippen LogP contribution in [0.1, 0.15) is 33.4 Å². The van der Waals surface area contributed by atoms with E-state index in [0.29, 0.717) is 17.1 Å². The fourth-order valence-electron chi connectivity index (χ4n) is 1.10. The monoisotopic (exact) mass is 299 g/mol. The molecule has 1 atom stereocenters. The van der Waals surface area contributed by atoms with E-state index in [1.807, 2.05) is 0 Å². The number of ether oxygens (including phenoxy) is 1. The minimum atomic E-state index is -0.930. The number of anilines is 1. The molecule has 1 aromatic heterocycles. The zero-order valence-corrected chi connectivity index (χ0v) is 12.6. The molecule has 1 aromatic rings. The molecule has 0 aliphatic rings. The molecule has 0 saturated heterocycles. The molecule has 20 heavy (non-hydrogen) atoms. The molecular weight excluding hydrogens is 282 g/mol. The molecule has 8 heteroatoms. The van der Waals surface area contributed by atoms with Gasteiger partial charge in [0.1, 0.15) is 11.3 Å². The van der Waals surface area contributed by atoms with Crippen molar-refractivity contribution in [2.45, 2.75) is 39.4 Å². The fraction of sp³-hybridized carbons (Fsp3) is 0.500. The number of thiazole rings is 1. The van der Waals surface area contributed by atoms with Gasteiger partial charge >= 0.3 is 5.97 Å². The molecular formula is C12H17N3O4S. The first-order valence-corrected chi connectivity index (χ1v) is 6.74. The largest absolute Gasteiger partial charge is 0.457 e. The molecule has 0 aromatic carbocycles. The number of nitrogen functional groups attached to an aromatic ring is 1. The van der Waals surface area contributed by atoms with Gasteiger partial charge in [0.2, 0.25) is 6.10 Å². The van der Waals surface area contributed by atoms with Crippen LogP contribution in [0.2, 0.25) is 0 Å². The smallest absolute Gasteiger partial charge is 0.350 e. The summed E-state index contributed by atoms with van der Waals surface area (Å²) < 4.78 is 5.12. The van der Waals surface area contributed by atoms with Crippen LogP contribution >= 0.6 is 11.3 Å². The first-order chi connectivity index (χ1) is 9.23. The van der Waals surface area contributed by atoms with Crippen molar-refractivity contribution in [2.75, 3.05) is 5.73 Å². The number of carbonyl (C=O) groups excluding carboxylic acids is 2. The minimum Gasteiger partial charge on any atom is -0.457 e. The van der Waals surface area contributed by atoms with Crippen molar-refractivity contribution >= 4 is 34.4 Å². The highest BCUT2D eigenvalue weighted by molar-refractivity contribution is 7.13. The molecule has 110 valence electrons. The lowest BCUT2D eigenvalue weighted by Gasteiger charge is -2.21. The van der Waals surface area contributed by atoms with E-state index >= 15 is 0 Å². The number of rotatable bonds is 5. The van der Waals surface area contributed by atoms with Crippen molar-refractivity contribution in [3.63, 3.8) is 0 Å². The predicted molar refractivity (Wildman–Crippen MR) is 75.5 cm³/mol. The minimum absolute atomic E-state index is 0.0339. The number of nitrogens with zero attached hydrogens (tertiary/aromatic N) is 2. The van der Waals surface area contributed by atoms with E-state index in [0.717, 1.165) is 0 Å². The highest BCUT2D eigenvalue weighted by Gasteiger charge is 2.23. The Balaban J connectivity index is 2.69. The Hall–Kier alpha value is -1.96. The summed E-state index contributed by atoms with van der Waals surface area (Å²) >= 11 is 1.18. The lowest BCUT2D eigenvalue weighted by atomic mass is 10.2. The molecule has 0 bridgehead atoms. The number of hydrogen-bond donors (Lipinski definition) is 1. The summed E-state index contributed by atoms with van der Waals surface area (Å²) in [6, 6.07) is 0. The van der Waals surface area contributed by atoms with Crippen LogP contribution in [0, 0.1) is 0 Å². The van der Waals surface area contributed by atoms with Gasteiger partial charge in [-0.25, -0.2) is 9.78 Å². The van der Waals surface area contributed by atoms with Gasteiger partial charge in [0, 0.05) is 5.38 Å². The summed E-state index contributed by atoms with van der Waals surface area (Å²) in [7, 11) is 0. The predicted octanol–water partition coefficient (Wildman–Crippen LogP) is 1.38. The second-order valence-electron chi connectivity index (χ2n) is 4.95. The molecule has 0 saturated carbocycles. The van der Waals surface area contributed by atoms with E-state index in [1.165, 1.54) is 18.3 Å². The van der Waals surface area contributed by atoms with Crippen molar-refractivity contribution in [1.29, 1.82) is 0 Å². The molecule has 7 nitrogen and oxygen atoms in total. The van der Waals surface area contributed by atoms with Crippen LogP contribution in [-0.2, 0) is 19.2 Å². The molecule has 0 fully saturated rings. The van der Waals surface area contributed by atoms with Crippen molar-refractivity contribution in [3.05, 3.63) is 11.1 Å². The second-order valence-corrected chi connectivity index (χ2v) is 5.84. The Labute approximate surface area is 120 Å². The van der Waals surface area contributed by atoms with E-state index < -0.39 is 17.7 Å². The van der Waals surface area contributed by atoms with Gasteiger partial charge in [-0.15, -0.1) is 11.3 Å². The standard InChI is InChI=1S/C12H17N3O4S/c1-7(10(17)18-12(2,3)4)19-15-8(5-16)9-6-20-11(13)14-9/h5-7H,1-4H3,(H2,13,14). The van der Waals surface area contributed by atoms with Crippen LogP contribution in [0.15, 0.2) is 10.5 Å². The van der Waals surface area contributed by atoms with Crippen molar-refractivity contribution < 1.29 is 19.2 Å². The Morgan fingerprint density at radius 1 is 1.55 bits per heavy atom. The van der Waals surface area contributed by atoms with Crippen LogP contribution in [0.25, 0.3) is 0 Å². The quantitative estimate of drug-likeness (QED) is 0.381. The van der Waals surface area contributed by atoms with E-state index in [4.69, 9.17) is 15.3 Å². The number of carbonyl (C=O) groups is 2. The van der Waals surface area contributed by atoms with E-state index in [-0.39, 0.29) is 5.71 Å². The molecule has 0 amide bonds. The van der Waals surface area contributed by atoms with Gasteiger partial charge in [-0.3, -0.25) is 4.79 Å². The highest BCUT2D eigenvalue weighted by Crippen LogP contribution is 2.13. The Bertz CT molecular complexity index is 519. The third kappa shape index (κ3) is 4.96. The average molecular weight is 299 g/mol. The zero-order valence-electron chi connectivity index (χ0n) is 11.7. The van der Waals surface area contributed by atoms with Crippen molar-refractivity contribution in [1.82, 2.24) is 4.98 Å². The molecule has 1 rings (SSSR count). The van der Waals surface area contributed by atoms with Crippen LogP contribution in [-0.4, -0.2) is 34.7 Å². The topological polar surface area (TPSA) is 104 Å². The lowest BCUT2D eigenvalue weighted by molar-refractivity contribution is -0.167. The summed E-state index contributed by atoms with van der Waals surface area (Å²) in [5.41, 5.74) is 5.12. The molecule has 0 aliphatic carbocycles. The van der Waals surface area contributed by atoms with Crippen LogP contribution < -0.4 is 5.73 Å². The molecule has 0 spiro atoms. The van der Waals surface area contributed by atoms with Gasteiger partial charge in [0.05, 0.1) is 0 Å². The number of aldehydes is 1. The molecule has 1 heterocycles. The second kappa shape index (κ2) is 6.47. The molecule has 1 unspecified atom stereocenters. The first kappa shape index (κ1) is 16.1. The van der Waals surface area contributed by atoms with E-state index in [2.05, 4.69) is 10.1 Å². The number of aromatic nitrogens is 1. The van der Waals surface area contributed by atoms with Gasteiger partial charge in [-0.2, -0.15) is 0 Å². The number of esters is 1. The maximum Gasteiger partial charge on any atom is 0.350 e. The van der Waals surface area contributed by atoms with Crippen molar-refractivity contribution in [3.8, 4) is 0 Å². The van der Waals surface area contributed by atoms with Gasteiger partial charge in [-0.1, -0.05) is 5.16 Å². The van der Waals surface area contributed by atoms with Gasteiger partial charge in [0.15, 0.2) is 17.1 Å². The van der Waals surface area contributed by atoms with Crippen molar-refractivity contribution in [2.24, 2.45) is 5.16 Å². The number of nitrogens with two attached hydrogens (primary N) is 1. The first-order valence-electron chi connectivity index (χ1n) is 5.86. The van der Waals surface area contributed by atoms with Gasteiger partial charge < -0.3 is 15.3 Å². The van der Waals surface area contributed by atoms with Crippen LogP contribution in [0.4, 0.5) is 5.13 Å². The summed E-state index contributed by atoms with van der Waals surface area (Å²) in [6.07, 6.45) is -0.448. The van der Waals surface area contributed by atoms with Crippen LogP contribution in [0.3, 0.4) is 0 Å². The zero-order chi connectivity index (χ0) is 15.3.